The van der Waals surface area contributed by atoms with Gasteiger partial charge in [-0.25, -0.2) is 9.69 Å². The minimum atomic E-state index is -0.473. The highest BCUT2D eigenvalue weighted by molar-refractivity contribution is 8.04. The van der Waals surface area contributed by atoms with E-state index >= 15 is 0 Å². The third kappa shape index (κ3) is 5.24. The number of thioether (sulfide) groups is 1. The van der Waals surface area contributed by atoms with Gasteiger partial charge in [-0.05, 0) is 29.7 Å². The third-order valence-corrected chi connectivity index (χ3v) is 7.22. The maximum Gasteiger partial charge on any atom is 0.325 e. The lowest BCUT2D eigenvalue weighted by Crippen LogP contribution is -2.42. The lowest BCUT2D eigenvalue weighted by molar-refractivity contribution is -0.384. The number of nitro groups is 1. The normalized spacial score (nSPS) is 16.4. The molecule has 0 radical (unpaired) electrons. The maximum atomic E-state index is 13.3. The van der Waals surface area contributed by atoms with E-state index in [2.05, 4.69) is 10.4 Å². The molecule has 0 saturated carbocycles. The Bertz CT molecular complexity index is 1490. The lowest BCUT2D eigenvalue weighted by atomic mass is 10.2. The maximum absolute atomic E-state index is 13.3. The predicted octanol–water partition coefficient (Wildman–Crippen LogP) is 5.36. The van der Waals surface area contributed by atoms with Gasteiger partial charge in [0, 0.05) is 30.6 Å². The Kier molecular flexibility index (Phi) is 7.00. The van der Waals surface area contributed by atoms with Gasteiger partial charge in [0.05, 0.1) is 21.5 Å². The van der Waals surface area contributed by atoms with Crippen molar-refractivity contribution in [3.8, 4) is 0 Å². The van der Waals surface area contributed by atoms with Crippen LogP contribution in [0, 0.1) is 10.1 Å². The zero-order chi connectivity index (χ0) is 25.8. The van der Waals surface area contributed by atoms with Crippen LogP contribution in [0.25, 0.3) is 17.0 Å². The number of nitrogens with one attached hydrogen (secondary N) is 1. The molecule has 10 heteroatoms. The van der Waals surface area contributed by atoms with Crippen molar-refractivity contribution in [1.29, 1.82) is 0 Å². The van der Waals surface area contributed by atoms with Crippen LogP contribution in [0.3, 0.4) is 0 Å². The Labute approximate surface area is 216 Å². The SMILES string of the molecule is O=C(NCCCn1ncc2ccc([N+](=O)[O-])cc21)N1C(=O)/C(=C/c2ccccc2)SC1c1ccccc1. The fourth-order valence-electron chi connectivity index (χ4n) is 4.14. The number of aryl methyl sites for hydroxylation is 1. The number of urea groups is 1. The van der Waals surface area contributed by atoms with E-state index in [1.165, 1.54) is 28.8 Å². The van der Waals surface area contributed by atoms with Gasteiger partial charge in [-0.2, -0.15) is 5.10 Å². The first-order valence-corrected chi connectivity index (χ1v) is 12.6. The Hall–Kier alpha value is -4.44. The molecule has 0 aliphatic carbocycles. The third-order valence-electron chi connectivity index (χ3n) is 5.97. The van der Waals surface area contributed by atoms with E-state index in [4.69, 9.17) is 0 Å². The van der Waals surface area contributed by atoms with Gasteiger partial charge in [0.2, 0.25) is 0 Å². The monoisotopic (exact) mass is 513 g/mol. The summed E-state index contributed by atoms with van der Waals surface area (Å²) in [7, 11) is 0. The van der Waals surface area contributed by atoms with Crippen molar-refractivity contribution in [3.05, 3.63) is 111 Å². The summed E-state index contributed by atoms with van der Waals surface area (Å²) in [6, 6.07) is 23.1. The quantitative estimate of drug-likeness (QED) is 0.154. The van der Waals surface area contributed by atoms with E-state index in [0.717, 1.165) is 16.5 Å². The van der Waals surface area contributed by atoms with Crippen molar-refractivity contribution < 1.29 is 14.5 Å². The van der Waals surface area contributed by atoms with Crippen LogP contribution in [0.5, 0.6) is 0 Å². The summed E-state index contributed by atoms with van der Waals surface area (Å²) in [5.41, 5.74) is 2.40. The smallest absolute Gasteiger partial charge is 0.325 e. The number of nitrogens with zero attached hydrogens (tertiary/aromatic N) is 4. The van der Waals surface area contributed by atoms with Gasteiger partial charge in [0.25, 0.3) is 11.6 Å². The van der Waals surface area contributed by atoms with Crippen molar-refractivity contribution in [2.24, 2.45) is 0 Å². The summed E-state index contributed by atoms with van der Waals surface area (Å²) in [6.07, 6.45) is 3.99. The number of nitro benzene ring substituents is 1. The Morgan fingerprint density at radius 1 is 1.08 bits per heavy atom. The number of carbonyl (C=O) groups excluding carboxylic acids is 2. The molecule has 186 valence electrons. The molecule has 1 N–H and O–H groups in total. The molecule has 37 heavy (non-hydrogen) atoms. The fourth-order valence-corrected chi connectivity index (χ4v) is 5.37. The molecule has 3 aromatic carbocycles. The summed E-state index contributed by atoms with van der Waals surface area (Å²) < 4.78 is 1.68. The fraction of sp³-hybridized carbons (Fsp3) is 0.148. The number of benzene rings is 3. The Morgan fingerprint density at radius 2 is 1.81 bits per heavy atom. The summed E-state index contributed by atoms with van der Waals surface area (Å²) in [5.74, 6) is -0.342. The first-order chi connectivity index (χ1) is 18.0. The summed E-state index contributed by atoms with van der Waals surface area (Å²) >= 11 is 1.35. The highest BCUT2D eigenvalue weighted by Gasteiger charge is 2.41. The first-order valence-electron chi connectivity index (χ1n) is 11.7. The molecule has 1 aliphatic rings. The average molecular weight is 514 g/mol. The van der Waals surface area contributed by atoms with Gasteiger partial charge < -0.3 is 5.32 Å². The van der Waals surface area contributed by atoms with Gasteiger partial charge in [0.1, 0.15) is 5.37 Å². The number of non-ortho nitro benzene ring substituents is 1. The second kappa shape index (κ2) is 10.7. The molecule has 3 amide bonds. The molecule has 0 spiro atoms. The molecule has 4 aromatic rings. The van der Waals surface area contributed by atoms with Crippen LogP contribution in [-0.4, -0.2) is 38.1 Å². The number of aromatic nitrogens is 2. The topological polar surface area (TPSA) is 110 Å². The van der Waals surface area contributed by atoms with E-state index in [9.17, 15) is 19.7 Å². The summed E-state index contributed by atoms with van der Waals surface area (Å²) in [4.78, 5) is 38.9. The van der Waals surface area contributed by atoms with E-state index in [-0.39, 0.29) is 11.6 Å². The van der Waals surface area contributed by atoms with E-state index < -0.39 is 16.3 Å². The van der Waals surface area contributed by atoms with Gasteiger partial charge in [0.15, 0.2) is 0 Å². The largest absolute Gasteiger partial charge is 0.338 e. The van der Waals surface area contributed by atoms with Crippen LogP contribution in [-0.2, 0) is 11.3 Å². The Balaban J connectivity index is 1.28. The molecule has 1 unspecified atom stereocenters. The number of hydrogen-bond donors (Lipinski definition) is 1. The highest BCUT2D eigenvalue weighted by Crippen LogP contribution is 2.46. The van der Waals surface area contributed by atoms with Crippen molar-refractivity contribution in [1.82, 2.24) is 20.0 Å². The van der Waals surface area contributed by atoms with Gasteiger partial charge in [-0.1, -0.05) is 72.4 Å². The summed E-state index contributed by atoms with van der Waals surface area (Å²) in [5, 5.41) is 18.6. The predicted molar refractivity (Wildman–Crippen MR) is 142 cm³/mol. The van der Waals surface area contributed by atoms with E-state index in [0.29, 0.717) is 29.9 Å². The average Bonchev–Trinajstić information content (AvgIpc) is 3.47. The number of amides is 3. The molecule has 1 fully saturated rings. The van der Waals surface area contributed by atoms with Crippen molar-refractivity contribution in [3.63, 3.8) is 0 Å². The second-order valence-corrected chi connectivity index (χ2v) is 9.55. The summed E-state index contributed by atoms with van der Waals surface area (Å²) in [6.45, 7) is 0.762. The van der Waals surface area contributed by atoms with Gasteiger partial charge in [-0.15, -0.1) is 0 Å². The molecule has 5 rings (SSSR count). The van der Waals surface area contributed by atoms with Crippen molar-refractivity contribution in [2.75, 3.05) is 6.54 Å². The van der Waals surface area contributed by atoms with Crippen molar-refractivity contribution in [2.45, 2.75) is 18.3 Å². The van der Waals surface area contributed by atoms with Crippen molar-refractivity contribution >= 4 is 46.4 Å². The first kappa shape index (κ1) is 24.3. The Morgan fingerprint density at radius 3 is 2.54 bits per heavy atom. The minimum absolute atomic E-state index is 0.00101. The zero-order valence-electron chi connectivity index (χ0n) is 19.7. The van der Waals surface area contributed by atoms with Gasteiger partial charge in [-0.3, -0.25) is 19.6 Å². The molecule has 2 heterocycles. The second-order valence-electron chi connectivity index (χ2n) is 8.43. The zero-order valence-corrected chi connectivity index (χ0v) is 20.5. The number of fused-ring (bicyclic) bond motifs is 1. The van der Waals surface area contributed by atoms with E-state index in [1.54, 1.807) is 23.0 Å². The lowest BCUT2D eigenvalue weighted by Gasteiger charge is -2.22. The number of imide groups is 1. The molecule has 1 atom stereocenters. The molecule has 1 saturated heterocycles. The number of rotatable bonds is 7. The molecular weight excluding hydrogens is 490 g/mol. The molecule has 1 aliphatic heterocycles. The molecule has 1 aromatic heterocycles. The minimum Gasteiger partial charge on any atom is -0.338 e. The van der Waals surface area contributed by atoms with Crippen LogP contribution >= 0.6 is 11.8 Å². The van der Waals surface area contributed by atoms with Gasteiger partial charge >= 0.3 is 6.03 Å². The standard InChI is InChI=1S/C27H23N5O4S/c33-25-24(16-19-8-3-1-4-9-19)37-26(20-10-5-2-6-11-20)31(25)27(34)28-14-7-15-30-23-17-22(32(35)36)13-12-21(23)18-29-30/h1-6,8-13,16-18,26H,7,14-15H2,(H,28,34)/b24-16-. The van der Waals surface area contributed by atoms with Crippen LogP contribution < -0.4 is 5.32 Å². The molecule has 0 bridgehead atoms. The van der Waals surface area contributed by atoms with Crippen LogP contribution in [0.15, 0.2) is 90.0 Å². The highest BCUT2D eigenvalue weighted by atomic mass is 32.2. The molecular formula is C27H23N5O4S. The molecule has 9 nitrogen and oxygen atoms in total. The number of hydrogen-bond acceptors (Lipinski definition) is 6. The van der Waals surface area contributed by atoms with Crippen LogP contribution in [0.2, 0.25) is 0 Å². The van der Waals surface area contributed by atoms with Crippen LogP contribution in [0.4, 0.5) is 10.5 Å². The van der Waals surface area contributed by atoms with Crippen LogP contribution in [0.1, 0.15) is 22.9 Å². The number of carbonyl (C=O) groups is 2. The van der Waals surface area contributed by atoms with E-state index in [1.807, 2.05) is 60.7 Å².